The molecule has 1 fully saturated rings. The van der Waals surface area contributed by atoms with Gasteiger partial charge in [-0.3, -0.25) is 4.57 Å². The molecule has 0 bridgehead atoms. The van der Waals surface area contributed by atoms with Crippen LogP contribution in [-0.4, -0.2) is 61.6 Å². The van der Waals surface area contributed by atoms with Gasteiger partial charge in [-0.2, -0.15) is 13.8 Å². The number of anilines is 1. The van der Waals surface area contributed by atoms with Gasteiger partial charge < -0.3 is 20.7 Å². The van der Waals surface area contributed by atoms with Crippen LogP contribution in [0.15, 0.2) is 17.1 Å². The summed E-state index contributed by atoms with van der Waals surface area (Å²) in [4.78, 5) is 14.7. The number of aliphatic hydroxyl groups excluding tert-OH is 2. The molecule has 0 aromatic carbocycles. The van der Waals surface area contributed by atoms with E-state index in [1.807, 2.05) is 0 Å². The maximum absolute atomic E-state index is 13.7. The standard InChI is InChI=1S/C9H11F2N3O4.H2Se/c10-9(11)6(16)4(3-15)18-7(9)14-2-1-5(12)13-8(14)17;/h1-2,4,6-7,15-16H,3H2,(H2,12,13,17);1H2/t4-,6-,7-;/m1./s1. The van der Waals surface area contributed by atoms with Crippen molar-refractivity contribution in [2.45, 2.75) is 24.4 Å². The average molecular weight is 344 g/mol. The Morgan fingerprint density at radius 2 is 2.21 bits per heavy atom. The summed E-state index contributed by atoms with van der Waals surface area (Å²) in [5, 5.41) is 18.1. The van der Waals surface area contributed by atoms with Crippen LogP contribution in [0.5, 0.6) is 0 Å². The Kier molecular flexibility index (Phi) is 4.64. The van der Waals surface area contributed by atoms with E-state index in [1.54, 1.807) is 0 Å². The van der Waals surface area contributed by atoms with Crippen molar-refractivity contribution in [3.8, 4) is 0 Å². The number of nitrogen functional groups attached to an aromatic ring is 1. The molecule has 0 unspecified atom stereocenters. The van der Waals surface area contributed by atoms with Gasteiger partial charge in [-0.25, -0.2) is 4.79 Å². The Labute approximate surface area is 116 Å². The molecule has 1 aromatic heterocycles. The first kappa shape index (κ1) is 16.0. The summed E-state index contributed by atoms with van der Waals surface area (Å²) in [6.07, 6.45) is -4.69. The van der Waals surface area contributed by atoms with Gasteiger partial charge >= 0.3 is 28.7 Å². The number of nitrogens with two attached hydrogens (primary N) is 1. The summed E-state index contributed by atoms with van der Waals surface area (Å²) in [5.74, 6) is -3.83. The molecule has 1 aromatic rings. The first-order chi connectivity index (χ1) is 8.37. The second-order valence-electron chi connectivity index (χ2n) is 3.87. The van der Waals surface area contributed by atoms with Gasteiger partial charge in [0.05, 0.1) is 6.61 Å². The molecule has 7 nitrogen and oxygen atoms in total. The Hall–Kier alpha value is -1.06. The van der Waals surface area contributed by atoms with Crippen molar-refractivity contribution in [3.63, 3.8) is 0 Å². The zero-order chi connectivity index (χ0) is 13.5. The summed E-state index contributed by atoms with van der Waals surface area (Å²) in [5.41, 5.74) is 4.21. The minimum atomic E-state index is -3.71. The van der Waals surface area contributed by atoms with E-state index in [0.29, 0.717) is 4.57 Å². The van der Waals surface area contributed by atoms with Gasteiger partial charge in [-0.05, 0) is 6.07 Å². The summed E-state index contributed by atoms with van der Waals surface area (Å²) in [6.45, 7) is -0.787. The van der Waals surface area contributed by atoms with Crippen molar-refractivity contribution < 1.29 is 23.7 Å². The minimum absolute atomic E-state index is 0. The predicted molar refractivity (Wildman–Crippen MR) is 63.4 cm³/mol. The fraction of sp³-hybridized carbons (Fsp3) is 0.556. The fourth-order valence-electron chi connectivity index (χ4n) is 1.72. The third-order valence-corrected chi connectivity index (χ3v) is 2.66. The normalized spacial score (nSPS) is 28.9. The maximum atomic E-state index is 13.7. The van der Waals surface area contributed by atoms with E-state index in [0.717, 1.165) is 12.3 Å². The molecule has 2 heterocycles. The van der Waals surface area contributed by atoms with Gasteiger partial charge in [0.15, 0.2) is 6.10 Å². The first-order valence-corrected chi connectivity index (χ1v) is 5.04. The van der Waals surface area contributed by atoms with Gasteiger partial charge in [-0.15, -0.1) is 0 Å². The van der Waals surface area contributed by atoms with E-state index in [2.05, 4.69) is 4.98 Å². The molecule has 1 aliphatic heterocycles. The third kappa shape index (κ3) is 2.63. The molecule has 0 saturated carbocycles. The van der Waals surface area contributed by atoms with Gasteiger partial charge in [0, 0.05) is 6.20 Å². The van der Waals surface area contributed by atoms with Crippen LogP contribution in [0.2, 0.25) is 0 Å². The molecule has 1 aliphatic rings. The first-order valence-electron chi connectivity index (χ1n) is 5.04. The van der Waals surface area contributed by atoms with Crippen LogP contribution in [0.4, 0.5) is 14.6 Å². The zero-order valence-electron chi connectivity index (χ0n) is 9.53. The van der Waals surface area contributed by atoms with Crippen LogP contribution >= 0.6 is 0 Å². The van der Waals surface area contributed by atoms with Gasteiger partial charge in [-0.1, -0.05) is 0 Å². The molecular formula is C9H13F2N3O4Se. The summed E-state index contributed by atoms with van der Waals surface area (Å²) in [6, 6.07) is 1.15. The molecule has 0 amide bonds. The molecule has 4 N–H and O–H groups in total. The van der Waals surface area contributed by atoms with Crippen molar-refractivity contribution in [2.75, 3.05) is 12.3 Å². The number of aromatic nitrogens is 2. The van der Waals surface area contributed by atoms with Crippen molar-refractivity contribution in [3.05, 3.63) is 22.7 Å². The molecule has 108 valence electrons. The Bertz CT molecular complexity index is 512. The fourth-order valence-corrected chi connectivity index (χ4v) is 1.72. The van der Waals surface area contributed by atoms with E-state index in [-0.39, 0.29) is 22.9 Å². The van der Waals surface area contributed by atoms with Gasteiger partial charge in [0.2, 0.25) is 6.23 Å². The number of aliphatic hydroxyl groups is 2. The number of alkyl halides is 2. The van der Waals surface area contributed by atoms with E-state index in [9.17, 15) is 18.7 Å². The van der Waals surface area contributed by atoms with Crippen molar-refractivity contribution in [2.24, 2.45) is 0 Å². The monoisotopic (exact) mass is 345 g/mol. The second-order valence-corrected chi connectivity index (χ2v) is 3.87. The van der Waals surface area contributed by atoms with Crippen LogP contribution in [0, 0.1) is 0 Å². The molecule has 10 heteroatoms. The average Bonchev–Trinajstić information content (AvgIpc) is 2.52. The van der Waals surface area contributed by atoms with Gasteiger partial charge in [0.25, 0.3) is 0 Å². The van der Waals surface area contributed by atoms with Crippen molar-refractivity contribution >= 4 is 22.9 Å². The molecule has 0 radical (unpaired) electrons. The van der Waals surface area contributed by atoms with Crippen molar-refractivity contribution in [1.29, 1.82) is 0 Å². The van der Waals surface area contributed by atoms with E-state index in [1.165, 1.54) is 0 Å². The van der Waals surface area contributed by atoms with E-state index in [4.69, 9.17) is 15.6 Å². The number of hydrogen-bond acceptors (Lipinski definition) is 6. The Morgan fingerprint density at radius 1 is 1.58 bits per heavy atom. The van der Waals surface area contributed by atoms with Crippen LogP contribution < -0.4 is 11.4 Å². The molecule has 0 spiro atoms. The summed E-state index contributed by atoms with van der Waals surface area (Å²) in [7, 11) is 0. The summed E-state index contributed by atoms with van der Waals surface area (Å²) >= 11 is 0. The second kappa shape index (κ2) is 5.51. The molecule has 1 saturated heterocycles. The molecular weight excluding hydrogens is 331 g/mol. The molecule has 19 heavy (non-hydrogen) atoms. The topological polar surface area (TPSA) is 111 Å². The third-order valence-electron chi connectivity index (χ3n) is 2.66. The van der Waals surface area contributed by atoms with Crippen LogP contribution in [0.25, 0.3) is 0 Å². The zero-order valence-corrected chi connectivity index (χ0v) is 11.6. The molecule has 0 aliphatic carbocycles. The van der Waals surface area contributed by atoms with Crippen LogP contribution in [0.3, 0.4) is 0 Å². The van der Waals surface area contributed by atoms with E-state index < -0.39 is 36.7 Å². The SMILES string of the molecule is Nc1ccn([C@@H]2O[C@H](CO)[C@@H](O)C2(F)F)c(=O)n1.[SeH2]. The number of hydrogen-bond donors (Lipinski definition) is 3. The van der Waals surface area contributed by atoms with Gasteiger partial charge in [0.1, 0.15) is 11.9 Å². The van der Waals surface area contributed by atoms with Crippen LogP contribution in [0.1, 0.15) is 6.23 Å². The van der Waals surface area contributed by atoms with Crippen molar-refractivity contribution in [1.82, 2.24) is 9.55 Å². The quantitative estimate of drug-likeness (QED) is 0.525. The summed E-state index contributed by atoms with van der Waals surface area (Å²) < 4.78 is 32.7. The number of nitrogens with zero attached hydrogens (tertiary/aromatic N) is 2. The molecule has 3 atom stereocenters. The van der Waals surface area contributed by atoms with Crippen LogP contribution in [-0.2, 0) is 4.74 Å². The number of halogens is 2. The predicted octanol–water partition coefficient (Wildman–Crippen LogP) is -2.20. The van der Waals surface area contributed by atoms with E-state index >= 15 is 0 Å². The Morgan fingerprint density at radius 3 is 2.68 bits per heavy atom. The Balaban J connectivity index is 0.00000180. The number of ether oxygens (including phenoxy) is 1. The molecule has 2 rings (SSSR count). The number of rotatable bonds is 2.